The molecule has 108 valence electrons. The van der Waals surface area contributed by atoms with Gasteiger partial charge in [-0.2, -0.15) is 0 Å². The summed E-state index contributed by atoms with van der Waals surface area (Å²) in [5, 5.41) is 11.4. The van der Waals surface area contributed by atoms with Gasteiger partial charge in [0.1, 0.15) is 10.3 Å². The van der Waals surface area contributed by atoms with Crippen molar-refractivity contribution in [2.45, 2.75) is 44.4 Å². The maximum absolute atomic E-state index is 12.2. The molecule has 0 saturated heterocycles. The summed E-state index contributed by atoms with van der Waals surface area (Å²) in [6, 6.07) is 1.71. The van der Waals surface area contributed by atoms with E-state index in [1.807, 2.05) is 20.8 Å². The van der Waals surface area contributed by atoms with Crippen molar-refractivity contribution in [1.82, 2.24) is 4.72 Å². The van der Waals surface area contributed by atoms with Crippen molar-refractivity contribution >= 4 is 40.3 Å². The molecule has 2 unspecified atom stereocenters. The zero-order valence-electron chi connectivity index (χ0n) is 11.3. The molecular formula is C12H18ClNO3S2. The molecule has 2 N–H and O–H groups in total. The molecule has 4 nitrogen and oxygen atoms in total. The van der Waals surface area contributed by atoms with Gasteiger partial charge in [-0.15, -0.1) is 16.1 Å². The Kier molecular flexibility index (Phi) is 5.31. The first-order valence-electron chi connectivity index (χ1n) is 5.71. The van der Waals surface area contributed by atoms with Gasteiger partial charge in [0.05, 0.1) is 11.4 Å². The van der Waals surface area contributed by atoms with E-state index < -0.39 is 27.6 Å². The van der Waals surface area contributed by atoms with Gasteiger partial charge in [0.2, 0.25) is 0 Å². The molecule has 0 aliphatic heterocycles. The molecule has 1 rings (SSSR count). The van der Waals surface area contributed by atoms with E-state index in [0.717, 1.165) is 0 Å². The summed E-state index contributed by atoms with van der Waals surface area (Å²) in [6.45, 7) is 7.19. The predicted molar refractivity (Wildman–Crippen MR) is 80.0 cm³/mol. The fraction of sp³-hybridized carbons (Fsp3) is 0.583. The number of carboxylic acid groups (broad SMARTS) is 1. The fourth-order valence-corrected chi connectivity index (χ4v) is 3.85. The molecule has 0 bridgehead atoms. The van der Waals surface area contributed by atoms with E-state index in [1.54, 1.807) is 18.4 Å². The fourth-order valence-electron chi connectivity index (χ4n) is 1.51. The molecule has 1 aromatic rings. The van der Waals surface area contributed by atoms with E-state index in [-0.39, 0.29) is 6.42 Å². The quantitative estimate of drug-likeness (QED) is 0.816. The van der Waals surface area contributed by atoms with Crippen LogP contribution in [0.25, 0.3) is 0 Å². The van der Waals surface area contributed by atoms with Gasteiger partial charge in [0.25, 0.3) is 0 Å². The van der Waals surface area contributed by atoms with Crippen molar-refractivity contribution in [1.29, 1.82) is 0 Å². The highest BCUT2D eigenvalue weighted by atomic mass is 35.5. The Morgan fingerprint density at radius 2 is 2.11 bits per heavy atom. The summed E-state index contributed by atoms with van der Waals surface area (Å²) in [5.74, 6) is -0.967. The first kappa shape index (κ1) is 16.8. The minimum atomic E-state index is -1.38. The molecule has 7 heteroatoms. The van der Waals surface area contributed by atoms with E-state index in [2.05, 4.69) is 4.72 Å². The Bertz CT molecular complexity index is 458. The molecule has 0 radical (unpaired) electrons. The summed E-state index contributed by atoms with van der Waals surface area (Å²) in [5.41, 5.74) is -0.949. The molecule has 0 fully saturated rings. The van der Waals surface area contributed by atoms with Gasteiger partial charge >= 0.3 is 5.97 Å². The van der Waals surface area contributed by atoms with Crippen LogP contribution in [-0.2, 0) is 21.7 Å². The first-order valence-corrected chi connectivity index (χ1v) is 8.12. The number of aliphatic carboxylic acids is 1. The van der Waals surface area contributed by atoms with Gasteiger partial charge < -0.3 is 9.66 Å². The molecule has 2 atom stereocenters. The topological polar surface area (TPSA) is 72.4 Å². The predicted octanol–water partition coefficient (Wildman–Crippen LogP) is 3.14. The largest absolute Gasteiger partial charge is 0.598 e. The summed E-state index contributed by atoms with van der Waals surface area (Å²) in [4.78, 5) is 11.8. The number of carbonyl (C=O) groups is 1. The van der Waals surface area contributed by atoms with Crippen molar-refractivity contribution < 1.29 is 14.5 Å². The number of carboxylic acids is 1. The second-order valence-corrected chi connectivity index (χ2v) is 8.77. The lowest BCUT2D eigenvalue weighted by atomic mass is 9.97. The maximum atomic E-state index is 12.2. The average Bonchev–Trinajstić information content (AvgIpc) is 2.61. The van der Waals surface area contributed by atoms with Gasteiger partial charge in [-0.1, -0.05) is 11.6 Å². The molecule has 0 aliphatic carbocycles. The average molecular weight is 324 g/mol. The van der Waals surface area contributed by atoms with Crippen LogP contribution in [0.5, 0.6) is 0 Å². The van der Waals surface area contributed by atoms with Gasteiger partial charge in [-0.25, -0.2) is 0 Å². The van der Waals surface area contributed by atoms with Crippen molar-refractivity contribution in [2.24, 2.45) is 0 Å². The van der Waals surface area contributed by atoms with Crippen LogP contribution in [0.1, 0.15) is 39.0 Å². The van der Waals surface area contributed by atoms with Gasteiger partial charge in [-0.05, 0) is 39.1 Å². The Morgan fingerprint density at radius 1 is 1.53 bits per heavy atom. The minimum absolute atomic E-state index is 0.185. The molecule has 0 saturated carbocycles. The molecule has 0 aromatic carbocycles. The highest BCUT2D eigenvalue weighted by Crippen LogP contribution is 2.36. The Hall–Kier alpha value is -0.270. The molecule has 0 amide bonds. The molecular weight excluding hydrogens is 306 g/mol. The zero-order chi connectivity index (χ0) is 14.8. The number of rotatable bonds is 5. The molecule has 1 heterocycles. The zero-order valence-corrected chi connectivity index (χ0v) is 13.7. The summed E-state index contributed by atoms with van der Waals surface area (Å²) in [7, 11) is 0. The van der Waals surface area contributed by atoms with Crippen molar-refractivity contribution in [3.63, 3.8) is 0 Å². The number of halogens is 1. The number of hydrogen-bond donors (Lipinski definition) is 2. The van der Waals surface area contributed by atoms with Gasteiger partial charge in [0, 0.05) is 16.2 Å². The SMILES string of the molecule is CC(CC(=O)O)(N[S+]([O-])C(C)(C)C)c1sccc1Cl. The van der Waals surface area contributed by atoms with Crippen LogP contribution in [0, 0.1) is 0 Å². The Morgan fingerprint density at radius 3 is 2.47 bits per heavy atom. The van der Waals surface area contributed by atoms with Crippen LogP contribution in [0.2, 0.25) is 5.02 Å². The third-order valence-corrected chi connectivity index (χ3v) is 5.85. The van der Waals surface area contributed by atoms with Crippen LogP contribution in [0.15, 0.2) is 11.4 Å². The summed E-state index contributed by atoms with van der Waals surface area (Å²) >= 11 is 6.06. The third kappa shape index (κ3) is 4.36. The van der Waals surface area contributed by atoms with E-state index in [0.29, 0.717) is 9.90 Å². The second-order valence-electron chi connectivity index (χ2n) is 5.48. The van der Waals surface area contributed by atoms with E-state index in [4.69, 9.17) is 16.7 Å². The maximum Gasteiger partial charge on any atom is 0.305 e. The van der Waals surface area contributed by atoms with Gasteiger partial charge in [0.15, 0.2) is 0 Å². The lowest BCUT2D eigenvalue weighted by Crippen LogP contribution is -2.50. The third-order valence-electron chi connectivity index (χ3n) is 2.50. The summed E-state index contributed by atoms with van der Waals surface area (Å²) < 4.78 is 14.7. The van der Waals surface area contributed by atoms with Gasteiger partial charge in [-0.3, -0.25) is 4.79 Å². The minimum Gasteiger partial charge on any atom is -0.598 e. The van der Waals surface area contributed by atoms with E-state index in [1.165, 1.54) is 11.3 Å². The van der Waals surface area contributed by atoms with Crippen LogP contribution >= 0.6 is 22.9 Å². The van der Waals surface area contributed by atoms with Crippen molar-refractivity contribution in [3.05, 3.63) is 21.3 Å². The Labute approximate surface area is 125 Å². The highest BCUT2D eigenvalue weighted by molar-refractivity contribution is 7.90. The molecule has 0 aliphatic rings. The van der Waals surface area contributed by atoms with E-state index >= 15 is 0 Å². The first-order chi connectivity index (χ1) is 8.56. The number of hydrogen-bond acceptors (Lipinski definition) is 4. The molecule has 19 heavy (non-hydrogen) atoms. The van der Waals surface area contributed by atoms with Crippen LogP contribution in [0.4, 0.5) is 0 Å². The van der Waals surface area contributed by atoms with Crippen molar-refractivity contribution in [2.75, 3.05) is 0 Å². The highest BCUT2D eigenvalue weighted by Gasteiger charge is 2.40. The van der Waals surface area contributed by atoms with Crippen molar-refractivity contribution in [3.8, 4) is 0 Å². The normalized spacial score (nSPS) is 16.9. The van der Waals surface area contributed by atoms with Crippen LogP contribution < -0.4 is 4.72 Å². The summed E-state index contributed by atoms with van der Waals surface area (Å²) in [6.07, 6.45) is -0.185. The molecule has 1 aromatic heterocycles. The van der Waals surface area contributed by atoms with Crippen LogP contribution in [-0.4, -0.2) is 20.4 Å². The lowest BCUT2D eigenvalue weighted by Gasteiger charge is -2.33. The smallest absolute Gasteiger partial charge is 0.305 e. The number of nitrogens with one attached hydrogen (secondary N) is 1. The lowest BCUT2D eigenvalue weighted by molar-refractivity contribution is -0.138. The standard InChI is InChI=1S/C12H18ClNO3S2/c1-11(2,3)19(17)14-12(4,7-9(15)16)10-8(13)5-6-18-10/h5-6,14H,7H2,1-4H3,(H,15,16). The molecule has 0 spiro atoms. The van der Waals surface area contributed by atoms with E-state index in [9.17, 15) is 9.35 Å². The van der Waals surface area contributed by atoms with Crippen LogP contribution in [0.3, 0.4) is 0 Å². The second kappa shape index (κ2) is 6.01. The monoisotopic (exact) mass is 323 g/mol. The Balaban J connectivity index is 3.08. The number of thiophene rings is 1.